The quantitative estimate of drug-likeness (QED) is 0.610. The van der Waals surface area contributed by atoms with Gasteiger partial charge >= 0.3 is 0 Å². The number of nitrogens with zero attached hydrogens (tertiary/aromatic N) is 1. The average molecular weight is 356 g/mol. The Balaban J connectivity index is 1.95. The summed E-state index contributed by atoms with van der Waals surface area (Å²) < 4.78 is 10.5. The van der Waals surface area contributed by atoms with E-state index in [2.05, 4.69) is 5.32 Å². The van der Waals surface area contributed by atoms with Gasteiger partial charge in [-0.2, -0.15) is 5.26 Å². The monoisotopic (exact) mass is 356 g/mol. The molecule has 0 spiro atoms. The van der Waals surface area contributed by atoms with Gasteiger partial charge in [0.15, 0.2) is 11.5 Å². The van der Waals surface area contributed by atoms with Gasteiger partial charge in [0.05, 0.1) is 14.2 Å². The Morgan fingerprint density at radius 3 is 2.60 bits per heavy atom. The Morgan fingerprint density at radius 2 is 2.00 bits per heavy atom. The van der Waals surface area contributed by atoms with Gasteiger partial charge in [-0.25, -0.2) is 0 Å². The molecule has 0 aliphatic rings. The first-order valence-corrected chi connectivity index (χ1v) is 8.56. The number of aryl methyl sites for hydroxylation is 1. The number of ether oxygens (including phenoxy) is 2. The molecule has 0 bridgehead atoms. The Hall–Kier alpha value is -2.78. The first-order chi connectivity index (χ1) is 12.1. The maximum atomic E-state index is 12.2. The van der Waals surface area contributed by atoms with E-state index in [1.807, 2.05) is 43.3 Å². The van der Waals surface area contributed by atoms with E-state index in [0.717, 1.165) is 15.3 Å². The Labute approximate surface area is 151 Å². The minimum atomic E-state index is -0.367. The topological polar surface area (TPSA) is 71.3 Å². The molecule has 1 amide bonds. The van der Waals surface area contributed by atoms with Gasteiger partial charge in [-0.05, 0) is 49.2 Å². The van der Waals surface area contributed by atoms with Crippen molar-refractivity contribution in [3.63, 3.8) is 0 Å². The van der Waals surface area contributed by atoms with Crippen molar-refractivity contribution in [1.82, 2.24) is 5.32 Å². The lowest BCUT2D eigenvalue weighted by Gasteiger charge is -2.10. The minimum Gasteiger partial charge on any atom is -0.493 e. The summed E-state index contributed by atoms with van der Waals surface area (Å²) in [5.74, 6) is 0.947. The highest BCUT2D eigenvalue weighted by molar-refractivity contribution is 7.12. The molecule has 0 atom stereocenters. The molecular weight excluding hydrogens is 336 g/mol. The summed E-state index contributed by atoms with van der Waals surface area (Å²) in [6.07, 6.45) is 2.24. The van der Waals surface area contributed by atoms with Gasteiger partial charge in [0.1, 0.15) is 11.6 Å². The second-order valence-corrected chi connectivity index (χ2v) is 6.63. The number of thiophene rings is 1. The lowest BCUT2D eigenvalue weighted by molar-refractivity contribution is -0.117. The molecule has 1 heterocycles. The third kappa shape index (κ3) is 5.10. The smallest absolute Gasteiger partial charge is 0.261 e. The zero-order valence-corrected chi connectivity index (χ0v) is 15.3. The van der Waals surface area contributed by atoms with Crippen LogP contribution in [0.4, 0.5) is 0 Å². The summed E-state index contributed by atoms with van der Waals surface area (Å²) in [5, 5.41) is 12.0. The molecule has 1 aromatic carbocycles. The summed E-state index contributed by atoms with van der Waals surface area (Å²) >= 11 is 1.54. The fraction of sp³-hybridized carbons (Fsp3) is 0.263. The van der Waals surface area contributed by atoms with Gasteiger partial charge in [-0.3, -0.25) is 4.79 Å². The van der Waals surface area contributed by atoms with Gasteiger partial charge < -0.3 is 14.8 Å². The minimum absolute atomic E-state index is 0.106. The number of rotatable bonds is 7. The van der Waals surface area contributed by atoms with E-state index in [1.54, 1.807) is 31.6 Å². The standard InChI is InChI=1S/C19H20N2O3S/c1-13-4-6-16(25-13)11-15(12-20)19(22)21-9-8-14-5-7-17(23-2)18(10-14)24-3/h4-7,10-11H,8-9H2,1-3H3,(H,21,22)/b15-11-. The van der Waals surface area contributed by atoms with Crippen LogP contribution in [0.2, 0.25) is 0 Å². The van der Waals surface area contributed by atoms with Crippen molar-refractivity contribution >= 4 is 23.3 Å². The van der Waals surface area contributed by atoms with E-state index in [1.165, 1.54) is 0 Å². The molecule has 130 valence electrons. The van der Waals surface area contributed by atoms with Crippen LogP contribution in [-0.4, -0.2) is 26.7 Å². The van der Waals surface area contributed by atoms with Crippen molar-refractivity contribution in [3.8, 4) is 17.6 Å². The highest BCUT2D eigenvalue weighted by Gasteiger charge is 2.10. The molecule has 2 rings (SSSR count). The maximum absolute atomic E-state index is 12.2. The Bertz CT molecular complexity index is 818. The van der Waals surface area contributed by atoms with Crippen molar-refractivity contribution < 1.29 is 14.3 Å². The van der Waals surface area contributed by atoms with Gasteiger partial charge in [-0.1, -0.05) is 6.07 Å². The fourth-order valence-electron chi connectivity index (χ4n) is 2.27. The molecular formula is C19H20N2O3S. The van der Waals surface area contributed by atoms with Crippen molar-refractivity contribution in [2.24, 2.45) is 0 Å². The Kier molecular flexibility index (Phi) is 6.61. The molecule has 0 unspecified atom stereocenters. The van der Waals surface area contributed by atoms with Crippen LogP contribution in [0.25, 0.3) is 6.08 Å². The highest BCUT2D eigenvalue weighted by Crippen LogP contribution is 2.27. The summed E-state index contributed by atoms with van der Waals surface area (Å²) in [6, 6.07) is 11.4. The molecule has 1 aromatic heterocycles. The van der Waals surface area contributed by atoms with Gasteiger partial charge in [0, 0.05) is 16.3 Å². The van der Waals surface area contributed by atoms with E-state index in [-0.39, 0.29) is 11.5 Å². The van der Waals surface area contributed by atoms with E-state index >= 15 is 0 Å². The molecule has 0 aliphatic heterocycles. The summed E-state index contributed by atoms with van der Waals surface area (Å²) in [4.78, 5) is 14.2. The molecule has 5 nitrogen and oxygen atoms in total. The molecule has 0 saturated heterocycles. The van der Waals surface area contributed by atoms with Crippen LogP contribution in [0, 0.1) is 18.3 Å². The number of carbonyl (C=O) groups is 1. The van der Waals surface area contributed by atoms with Crippen LogP contribution in [0.1, 0.15) is 15.3 Å². The lowest BCUT2D eigenvalue weighted by Crippen LogP contribution is -2.26. The molecule has 6 heteroatoms. The number of methoxy groups -OCH3 is 2. The zero-order chi connectivity index (χ0) is 18.2. The second kappa shape index (κ2) is 8.90. The molecule has 2 aromatic rings. The highest BCUT2D eigenvalue weighted by atomic mass is 32.1. The SMILES string of the molecule is COc1ccc(CCNC(=O)/C(C#N)=C\c2ccc(C)s2)cc1OC. The van der Waals surface area contributed by atoms with Crippen LogP contribution in [0.5, 0.6) is 11.5 Å². The normalized spacial score (nSPS) is 10.9. The van der Waals surface area contributed by atoms with Gasteiger partial charge in [0.25, 0.3) is 5.91 Å². The number of carbonyl (C=O) groups excluding carboxylic acids is 1. The van der Waals surface area contributed by atoms with Crippen LogP contribution < -0.4 is 14.8 Å². The number of amides is 1. The first-order valence-electron chi connectivity index (χ1n) is 7.74. The number of nitriles is 1. The van der Waals surface area contributed by atoms with Crippen LogP contribution in [-0.2, 0) is 11.2 Å². The number of hydrogen-bond donors (Lipinski definition) is 1. The van der Waals surface area contributed by atoms with Crippen LogP contribution in [0.15, 0.2) is 35.9 Å². The van der Waals surface area contributed by atoms with Gasteiger partial charge in [0.2, 0.25) is 0 Å². The third-order valence-corrected chi connectivity index (χ3v) is 4.51. The molecule has 1 N–H and O–H groups in total. The zero-order valence-electron chi connectivity index (χ0n) is 14.5. The number of nitrogens with one attached hydrogen (secondary N) is 1. The summed E-state index contributed by atoms with van der Waals surface area (Å²) in [7, 11) is 3.17. The summed E-state index contributed by atoms with van der Waals surface area (Å²) in [6.45, 7) is 2.41. The van der Waals surface area contributed by atoms with Gasteiger partial charge in [-0.15, -0.1) is 11.3 Å². The average Bonchev–Trinajstić information content (AvgIpc) is 3.04. The Morgan fingerprint density at radius 1 is 1.24 bits per heavy atom. The van der Waals surface area contributed by atoms with Crippen LogP contribution >= 0.6 is 11.3 Å². The molecule has 0 saturated carbocycles. The van der Waals surface area contributed by atoms with Crippen LogP contribution in [0.3, 0.4) is 0 Å². The molecule has 25 heavy (non-hydrogen) atoms. The molecule has 0 radical (unpaired) electrons. The van der Waals surface area contributed by atoms with Crippen molar-refractivity contribution in [3.05, 3.63) is 51.2 Å². The van der Waals surface area contributed by atoms with Crippen molar-refractivity contribution in [1.29, 1.82) is 5.26 Å². The first kappa shape index (κ1) is 18.6. The largest absolute Gasteiger partial charge is 0.493 e. The van der Waals surface area contributed by atoms with E-state index in [4.69, 9.17) is 9.47 Å². The molecule has 0 fully saturated rings. The van der Waals surface area contributed by atoms with E-state index in [9.17, 15) is 10.1 Å². The second-order valence-electron chi connectivity index (χ2n) is 5.31. The summed E-state index contributed by atoms with van der Waals surface area (Å²) in [5.41, 5.74) is 1.11. The van der Waals surface area contributed by atoms with E-state index in [0.29, 0.717) is 24.5 Å². The number of benzene rings is 1. The fourth-order valence-corrected chi connectivity index (χ4v) is 3.09. The molecule has 0 aliphatic carbocycles. The maximum Gasteiger partial charge on any atom is 0.261 e. The number of hydrogen-bond acceptors (Lipinski definition) is 5. The third-order valence-electron chi connectivity index (χ3n) is 3.56. The predicted octanol–water partition coefficient (Wildman–Crippen LogP) is 3.34. The van der Waals surface area contributed by atoms with E-state index < -0.39 is 0 Å². The van der Waals surface area contributed by atoms with Crippen molar-refractivity contribution in [2.45, 2.75) is 13.3 Å². The predicted molar refractivity (Wildman–Crippen MR) is 98.9 cm³/mol. The lowest BCUT2D eigenvalue weighted by atomic mass is 10.1. The van der Waals surface area contributed by atoms with Crippen molar-refractivity contribution in [2.75, 3.05) is 20.8 Å².